The van der Waals surface area contributed by atoms with Crippen LogP contribution in [0, 0.1) is 0 Å². The molecule has 0 N–H and O–H groups in total. The summed E-state index contributed by atoms with van der Waals surface area (Å²) in [6.07, 6.45) is 9.92. The predicted octanol–water partition coefficient (Wildman–Crippen LogP) is 6.08. The predicted molar refractivity (Wildman–Crippen MR) is 113 cm³/mol. The molecule has 2 atom stereocenters. The molecule has 0 radical (unpaired) electrons. The first-order valence-corrected chi connectivity index (χ1v) is 19.0. The van der Waals surface area contributed by atoms with Crippen LogP contribution in [0.25, 0.3) is 0 Å². The van der Waals surface area contributed by atoms with Gasteiger partial charge in [0.2, 0.25) is 8.32 Å². The monoisotopic (exact) mass is 390 g/mol. The molecule has 0 heterocycles. The standard InChI is InChI=1S/C18H42O3Si3/c1-9-10-11-12-13-14-15-16-17(18(19)20-23(3,4)5)22(2)21-24(6,7)8/h17,22H,9-16H2,1-8H3. The second kappa shape index (κ2) is 11.6. The minimum absolute atomic E-state index is 0.0255. The van der Waals surface area contributed by atoms with Crippen LogP contribution in [-0.4, -0.2) is 31.6 Å². The van der Waals surface area contributed by atoms with E-state index in [4.69, 9.17) is 8.54 Å². The van der Waals surface area contributed by atoms with Crippen LogP contribution in [0.1, 0.15) is 58.3 Å². The van der Waals surface area contributed by atoms with Crippen molar-refractivity contribution in [1.29, 1.82) is 0 Å². The lowest BCUT2D eigenvalue weighted by Crippen LogP contribution is -2.41. The average molecular weight is 391 g/mol. The Hall–Kier alpha value is 0.0806. The van der Waals surface area contributed by atoms with E-state index in [2.05, 4.69) is 52.8 Å². The fraction of sp³-hybridized carbons (Fsp3) is 0.944. The zero-order valence-corrected chi connectivity index (χ0v) is 20.7. The van der Waals surface area contributed by atoms with Gasteiger partial charge in [-0.1, -0.05) is 51.9 Å². The van der Waals surface area contributed by atoms with Gasteiger partial charge in [0.1, 0.15) is 0 Å². The lowest BCUT2D eigenvalue weighted by molar-refractivity contribution is -0.135. The van der Waals surface area contributed by atoms with Crippen LogP contribution in [0.3, 0.4) is 0 Å². The van der Waals surface area contributed by atoms with Gasteiger partial charge in [0.05, 0.1) is 5.54 Å². The van der Waals surface area contributed by atoms with E-state index in [0.29, 0.717) is 0 Å². The molecule has 3 nitrogen and oxygen atoms in total. The zero-order chi connectivity index (χ0) is 18.8. The van der Waals surface area contributed by atoms with Crippen molar-refractivity contribution < 1.29 is 13.3 Å². The second-order valence-electron chi connectivity index (χ2n) is 8.99. The molecular weight excluding hydrogens is 348 g/mol. The average Bonchev–Trinajstić information content (AvgIpc) is 2.37. The van der Waals surface area contributed by atoms with Gasteiger partial charge in [-0.25, -0.2) is 0 Å². The number of unbranched alkanes of at least 4 members (excludes halogenated alkanes) is 6. The Balaban J connectivity index is 4.50. The van der Waals surface area contributed by atoms with E-state index in [1.54, 1.807) is 0 Å². The highest BCUT2D eigenvalue weighted by molar-refractivity contribution is 6.78. The van der Waals surface area contributed by atoms with E-state index in [1.807, 2.05) is 0 Å². The Morgan fingerprint density at radius 3 is 1.83 bits per heavy atom. The van der Waals surface area contributed by atoms with E-state index in [1.165, 1.54) is 38.5 Å². The summed E-state index contributed by atoms with van der Waals surface area (Å²) in [6.45, 7) is 17.3. The van der Waals surface area contributed by atoms with Gasteiger partial charge in [-0.2, -0.15) is 0 Å². The van der Waals surface area contributed by atoms with Crippen LogP contribution in [-0.2, 0) is 13.3 Å². The molecule has 0 aliphatic rings. The van der Waals surface area contributed by atoms with Crippen LogP contribution < -0.4 is 0 Å². The number of hydrogen-bond acceptors (Lipinski definition) is 3. The Kier molecular flexibility index (Phi) is 11.7. The van der Waals surface area contributed by atoms with Gasteiger partial charge in [-0.15, -0.1) is 0 Å². The summed E-state index contributed by atoms with van der Waals surface area (Å²) in [7, 11) is -4.97. The van der Waals surface area contributed by atoms with Crippen molar-refractivity contribution in [3.63, 3.8) is 0 Å². The normalized spacial score (nSPS) is 15.2. The fourth-order valence-corrected chi connectivity index (χ4v) is 10.0. The Labute approximate surface area is 154 Å². The van der Waals surface area contributed by atoms with Gasteiger partial charge in [-0.05, 0) is 52.2 Å². The van der Waals surface area contributed by atoms with Gasteiger partial charge >= 0.3 is 0 Å². The first-order valence-electron chi connectivity index (χ1n) is 9.87. The number of hydrogen-bond donors (Lipinski definition) is 0. The third-order valence-electron chi connectivity index (χ3n) is 3.93. The second-order valence-corrected chi connectivity index (χ2v) is 20.8. The summed E-state index contributed by atoms with van der Waals surface area (Å²) < 4.78 is 12.2. The molecule has 0 aromatic heterocycles. The van der Waals surface area contributed by atoms with Gasteiger partial charge in [0.25, 0.3) is 5.97 Å². The van der Waals surface area contributed by atoms with Crippen LogP contribution in [0.2, 0.25) is 51.4 Å². The number of carbonyl (C=O) groups excluding carboxylic acids is 1. The highest BCUT2D eigenvalue weighted by atomic mass is 28.4. The van der Waals surface area contributed by atoms with Gasteiger partial charge in [0.15, 0.2) is 17.4 Å². The maximum atomic E-state index is 12.7. The van der Waals surface area contributed by atoms with Gasteiger partial charge in [-0.3, -0.25) is 4.79 Å². The summed E-state index contributed by atoms with van der Waals surface area (Å²) in [5.74, 6) is 0.0255. The van der Waals surface area contributed by atoms with E-state index in [-0.39, 0.29) is 11.5 Å². The third kappa shape index (κ3) is 13.4. The van der Waals surface area contributed by atoms with Crippen molar-refractivity contribution in [1.82, 2.24) is 0 Å². The number of carbonyl (C=O) groups is 1. The molecule has 0 bridgehead atoms. The number of rotatable bonds is 13. The first-order chi connectivity index (χ1) is 11.0. The van der Waals surface area contributed by atoms with Crippen molar-refractivity contribution in [2.24, 2.45) is 0 Å². The highest BCUT2D eigenvalue weighted by Crippen LogP contribution is 2.26. The van der Waals surface area contributed by atoms with Gasteiger partial charge < -0.3 is 8.54 Å². The Bertz CT molecular complexity index is 348. The minimum atomic E-state index is -1.83. The van der Waals surface area contributed by atoms with E-state index >= 15 is 0 Å². The fourth-order valence-electron chi connectivity index (χ4n) is 2.88. The van der Waals surface area contributed by atoms with Crippen molar-refractivity contribution in [3.8, 4) is 0 Å². The van der Waals surface area contributed by atoms with Crippen molar-refractivity contribution in [2.45, 2.75) is 110 Å². The summed E-state index contributed by atoms with van der Waals surface area (Å²) >= 11 is 0. The molecule has 0 aromatic carbocycles. The van der Waals surface area contributed by atoms with Crippen molar-refractivity contribution >= 4 is 31.6 Å². The molecule has 144 valence electrons. The molecule has 0 spiro atoms. The van der Waals surface area contributed by atoms with E-state index < -0.39 is 25.7 Å². The molecule has 0 rings (SSSR count). The molecule has 6 heteroatoms. The topological polar surface area (TPSA) is 35.5 Å². The van der Waals surface area contributed by atoms with Crippen LogP contribution in [0.4, 0.5) is 0 Å². The SMILES string of the molecule is CCCCCCCCCC(C(=O)O[Si](C)(C)C)[SiH](C)O[Si](C)(C)C. The van der Waals surface area contributed by atoms with E-state index in [0.717, 1.165) is 12.8 Å². The molecule has 24 heavy (non-hydrogen) atoms. The molecule has 0 saturated heterocycles. The Morgan fingerprint density at radius 2 is 1.38 bits per heavy atom. The molecule has 0 aliphatic carbocycles. The molecule has 0 amide bonds. The lowest BCUT2D eigenvalue weighted by atomic mass is 10.1. The summed E-state index contributed by atoms with van der Waals surface area (Å²) in [5.41, 5.74) is 0.0269. The molecular formula is C18H42O3Si3. The summed E-state index contributed by atoms with van der Waals surface area (Å²) in [6, 6.07) is 0. The Morgan fingerprint density at radius 1 is 0.875 bits per heavy atom. The quantitative estimate of drug-likeness (QED) is 0.282. The van der Waals surface area contributed by atoms with Gasteiger partial charge in [0, 0.05) is 0 Å². The third-order valence-corrected chi connectivity index (χ3v) is 10.8. The minimum Gasteiger partial charge on any atom is -0.520 e. The summed E-state index contributed by atoms with van der Waals surface area (Å²) in [5, 5.41) is 0. The largest absolute Gasteiger partial charge is 0.520 e. The van der Waals surface area contributed by atoms with Crippen LogP contribution in [0.5, 0.6) is 0 Å². The van der Waals surface area contributed by atoms with E-state index in [9.17, 15) is 4.79 Å². The molecule has 0 fully saturated rings. The molecule has 0 aliphatic heterocycles. The van der Waals surface area contributed by atoms with Crippen molar-refractivity contribution in [2.75, 3.05) is 0 Å². The molecule has 0 aromatic rings. The molecule has 0 saturated carbocycles. The lowest BCUT2D eigenvalue weighted by Gasteiger charge is -2.30. The van der Waals surface area contributed by atoms with Crippen molar-refractivity contribution in [3.05, 3.63) is 0 Å². The molecule has 2 unspecified atom stereocenters. The maximum Gasteiger partial charge on any atom is 0.294 e. The van der Waals surface area contributed by atoms with Crippen LogP contribution >= 0.6 is 0 Å². The van der Waals surface area contributed by atoms with Crippen LogP contribution in [0.15, 0.2) is 0 Å². The first kappa shape index (κ1) is 24.1. The summed E-state index contributed by atoms with van der Waals surface area (Å²) in [4.78, 5) is 12.7. The maximum absolute atomic E-state index is 12.7. The highest BCUT2D eigenvalue weighted by Gasteiger charge is 2.34. The smallest absolute Gasteiger partial charge is 0.294 e. The zero-order valence-electron chi connectivity index (χ0n) is 17.5.